The van der Waals surface area contributed by atoms with Crippen LogP contribution in [0.4, 0.5) is 5.69 Å². The number of sulfonamides is 1. The molecule has 0 saturated heterocycles. The molecule has 5 nitrogen and oxygen atoms in total. The minimum absolute atomic E-state index is 0.218. The van der Waals surface area contributed by atoms with Crippen molar-refractivity contribution in [2.45, 2.75) is 4.90 Å². The van der Waals surface area contributed by atoms with E-state index in [4.69, 9.17) is 4.42 Å². The van der Waals surface area contributed by atoms with Crippen LogP contribution in [-0.2, 0) is 10.0 Å². The molecule has 0 saturated carbocycles. The van der Waals surface area contributed by atoms with Gasteiger partial charge in [-0.1, -0.05) is 30.3 Å². The van der Waals surface area contributed by atoms with E-state index >= 15 is 0 Å². The van der Waals surface area contributed by atoms with Gasteiger partial charge in [-0.15, -0.1) is 0 Å². The van der Waals surface area contributed by atoms with Gasteiger partial charge < -0.3 is 4.42 Å². The first-order chi connectivity index (χ1) is 10.1. The number of nitrogens with one attached hydrogen (secondary N) is 1. The van der Waals surface area contributed by atoms with Crippen molar-refractivity contribution in [1.82, 2.24) is 4.98 Å². The zero-order valence-electron chi connectivity index (χ0n) is 10.9. The molecule has 0 amide bonds. The van der Waals surface area contributed by atoms with Crippen molar-refractivity contribution in [1.29, 1.82) is 0 Å². The lowest BCUT2D eigenvalue weighted by molar-refractivity contribution is 0.572. The lowest BCUT2D eigenvalue weighted by Crippen LogP contribution is -2.12. The van der Waals surface area contributed by atoms with Crippen LogP contribution in [0.25, 0.3) is 11.3 Å². The summed E-state index contributed by atoms with van der Waals surface area (Å²) in [4.78, 5) is 4.06. The molecule has 0 bridgehead atoms. The summed E-state index contributed by atoms with van der Waals surface area (Å²) < 4.78 is 32.3. The van der Waals surface area contributed by atoms with E-state index in [9.17, 15) is 8.42 Å². The number of aromatic nitrogens is 1. The second kappa shape index (κ2) is 5.41. The molecule has 0 aliphatic heterocycles. The Morgan fingerprint density at radius 2 is 1.81 bits per heavy atom. The molecule has 2 aromatic carbocycles. The van der Waals surface area contributed by atoms with Crippen molar-refractivity contribution in [2.75, 3.05) is 4.72 Å². The molecule has 106 valence electrons. The first-order valence-electron chi connectivity index (χ1n) is 6.22. The van der Waals surface area contributed by atoms with E-state index in [1.165, 1.54) is 6.39 Å². The monoisotopic (exact) mass is 300 g/mol. The van der Waals surface area contributed by atoms with Crippen molar-refractivity contribution in [3.8, 4) is 11.3 Å². The van der Waals surface area contributed by atoms with E-state index < -0.39 is 10.0 Å². The number of rotatable bonds is 4. The minimum Gasteiger partial charge on any atom is -0.444 e. The van der Waals surface area contributed by atoms with Crippen LogP contribution < -0.4 is 4.72 Å². The summed E-state index contributed by atoms with van der Waals surface area (Å²) in [6.45, 7) is 0. The Labute approximate surface area is 122 Å². The Balaban J connectivity index is 1.91. The molecule has 21 heavy (non-hydrogen) atoms. The third-order valence-corrected chi connectivity index (χ3v) is 4.28. The standard InChI is InChI=1S/C15H12N2O3S/c18-21(19,14-7-2-1-3-8-14)17-13-6-4-5-12(9-13)15-10-16-11-20-15/h1-11,17H. The van der Waals surface area contributed by atoms with Crippen LogP contribution >= 0.6 is 0 Å². The maximum absolute atomic E-state index is 12.3. The van der Waals surface area contributed by atoms with E-state index in [1.807, 2.05) is 6.07 Å². The minimum atomic E-state index is -3.60. The highest BCUT2D eigenvalue weighted by molar-refractivity contribution is 7.92. The van der Waals surface area contributed by atoms with Gasteiger partial charge in [0.2, 0.25) is 0 Å². The smallest absolute Gasteiger partial charge is 0.261 e. The normalized spacial score (nSPS) is 11.2. The predicted molar refractivity (Wildman–Crippen MR) is 79.2 cm³/mol. The molecule has 0 spiro atoms. The summed E-state index contributed by atoms with van der Waals surface area (Å²) >= 11 is 0. The SMILES string of the molecule is O=S(=O)(Nc1cccc(-c2cnco2)c1)c1ccccc1. The van der Waals surface area contributed by atoms with Crippen LogP contribution in [0, 0.1) is 0 Å². The van der Waals surface area contributed by atoms with Crippen LogP contribution in [0.3, 0.4) is 0 Å². The summed E-state index contributed by atoms with van der Waals surface area (Å²) in [5.41, 5.74) is 1.22. The Morgan fingerprint density at radius 1 is 1.00 bits per heavy atom. The quantitative estimate of drug-likeness (QED) is 0.803. The number of benzene rings is 2. The zero-order valence-corrected chi connectivity index (χ0v) is 11.7. The van der Waals surface area contributed by atoms with Gasteiger partial charge >= 0.3 is 0 Å². The van der Waals surface area contributed by atoms with Gasteiger partial charge in [-0.3, -0.25) is 4.72 Å². The van der Waals surface area contributed by atoms with Crippen molar-refractivity contribution in [2.24, 2.45) is 0 Å². The highest BCUT2D eigenvalue weighted by atomic mass is 32.2. The van der Waals surface area contributed by atoms with Crippen LogP contribution in [0.5, 0.6) is 0 Å². The molecule has 3 rings (SSSR count). The molecule has 1 heterocycles. The summed E-state index contributed by atoms with van der Waals surface area (Å²) in [6.07, 6.45) is 2.90. The fourth-order valence-electron chi connectivity index (χ4n) is 1.91. The van der Waals surface area contributed by atoms with Crippen molar-refractivity contribution >= 4 is 15.7 Å². The number of oxazole rings is 1. The van der Waals surface area contributed by atoms with Crippen LogP contribution in [0.1, 0.15) is 0 Å². The maximum atomic E-state index is 12.3. The molecule has 6 heteroatoms. The Kier molecular flexibility index (Phi) is 3.45. The molecule has 3 aromatic rings. The summed E-state index contributed by atoms with van der Waals surface area (Å²) in [7, 11) is -3.60. The molecular weight excluding hydrogens is 288 g/mol. The Hall–Kier alpha value is -2.60. The van der Waals surface area contributed by atoms with Crippen LogP contribution in [-0.4, -0.2) is 13.4 Å². The van der Waals surface area contributed by atoms with E-state index in [0.29, 0.717) is 11.4 Å². The fourth-order valence-corrected chi connectivity index (χ4v) is 2.98. The second-order valence-electron chi connectivity index (χ2n) is 4.37. The van der Waals surface area contributed by atoms with Crippen molar-refractivity contribution in [3.05, 3.63) is 67.2 Å². The fraction of sp³-hybridized carbons (Fsp3) is 0. The molecule has 0 fully saturated rings. The number of hydrogen-bond donors (Lipinski definition) is 1. The van der Waals surface area contributed by atoms with Gasteiger partial charge in [0, 0.05) is 11.3 Å². The van der Waals surface area contributed by atoms with E-state index in [-0.39, 0.29) is 4.90 Å². The van der Waals surface area contributed by atoms with Gasteiger partial charge in [-0.25, -0.2) is 13.4 Å². The average molecular weight is 300 g/mol. The summed E-state index contributed by atoms with van der Waals surface area (Å²) in [5, 5.41) is 0. The van der Waals surface area contributed by atoms with Gasteiger partial charge in [-0.2, -0.15) is 0 Å². The first kappa shape index (κ1) is 13.4. The number of anilines is 1. The van der Waals surface area contributed by atoms with Crippen LogP contribution in [0.15, 0.2) is 76.5 Å². The second-order valence-corrected chi connectivity index (χ2v) is 6.05. The predicted octanol–water partition coefficient (Wildman–Crippen LogP) is 3.14. The molecule has 0 radical (unpaired) electrons. The first-order valence-corrected chi connectivity index (χ1v) is 7.70. The lowest BCUT2D eigenvalue weighted by atomic mass is 10.2. The highest BCUT2D eigenvalue weighted by Gasteiger charge is 2.13. The van der Waals surface area contributed by atoms with Gasteiger partial charge in [-0.05, 0) is 24.3 Å². The Morgan fingerprint density at radius 3 is 2.52 bits per heavy atom. The van der Waals surface area contributed by atoms with Gasteiger partial charge in [0.25, 0.3) is 10.0 Å². The highest BCUT2D eigenvalue weighted by Crippen LogP contribution is 2.23. The van der Waals surface area contributed by atoms with Gasteiger partial charge in [0.1, 0.15) is 0 Å². The van der Waals surface area contributed by atoms with Gasteiger partial charge in [0.05, 0.1) is 11.1 Å². The molecule has 1 N–H and O–H groups in total. The zero-order chi connectivity index (χ0) is 14.7. The molecular formula is C15H12N2O3S. The van der Waals surface area contributed by atoms with E-state index in [2.05, 4.69) is 9.71 Å². The van der Waals surface area contributed by atoms with Crippen molar-refractivity contribution in [3.63, 3.8) is 0 Å². The largest absolute Gasteiger partial charge is 0.444 e. The molecule has 1 aromatic heterocycles. The van der Waals surface area contributed by atoms with Gasteiger partial charge in [0.15, 0.2) is 12.2 Å². The van der Waals surface area contributed by atoms with Crippen molar-refractivity contribution < 1.29 is 12.8 Å². The third kappa shape index (κ3) is 2.95. The molecule has 0 atom stereocenters. The number of hydrogen-bond acceptors (Lipinski definition) is 4. The average Bonchev–Trinajstić information content (AvgIpc) is 3.02. The Bertz CT molecular complexity index is 828. The molecule has 0 aliphatic carbocycles. The number of nitrogens with zero attached hydrogens (tertiary/aromatic N) is 1. The van der Waals surface area contributed by atoms with E-state index in [1.54, 1.807) is 54.7 Å². The third-order valence-electron chi connectivity index (χ3n) is 2.89. The summed E-state index contributed by atoms with van der Waals surface area (Å²) in [5.74, 6) is 0.579. The van der Waals surface area contributed by atoms with E-state index in [0.717, 1.165) is 5.56 Å². The molecule has 0 aliphatic rings. The summed E-state index contributed by atoms with van der Waals surface area (Å²) in [6, 6.07) is 15.2. The maximum Gasteiger partial charge on any atom is 0.261 e. The van der Waals surface area contributed by atoms with Crippen LogP contribution in [0.2, 0.25) is 0 Å². The lowest BCUT2D eigenvalue weighted by Gasteiger charge is -2.08. The molecule has 0 unspecified atom stereocenters. The topological polar surface area (TPSA) is 72.2 Å².